The van der Waals surface area contributed by atoms with Crippen LogP contribution >= 0.6 is 23.2 Å². The lowest BCUT2D eigenvalue weighted by atomic mass is 9.75. The molecular formula is C19H15Cl2FN2O. The van der Waals surface area contributed by atoms with Gasteiger partial charge in [-0.05, 0) is 60.0 Å². The molecule has 0 fully saturated rings. The van der Waals surface area contributed by atoms with Crippen molar-refractivity contribution in [3.8, 4) is 0 Å². The Hall–Kier alpha value is -2.01. The van der Waals surface area contributed by atoms with Crippen LogP contribution in [0.4, 0.5) is 4.39 Å². The molecule has 2 heterocycles. The van der Waals surface area contributed by atoms with E-state index in [9.17, 15) is 9.50 Å². The highest BCUT2D eigenvalue weighted by Crippen LogP contribution is 2.42. The molecule has 1 atom stereocenters. The molecule has 3 aromatic rings. The SMILES string of the molecule is CC(O)(c1ccc(F)cc1)C(c1ccnc(Cl)c1)c1ccnc(Cl)c1. The molecule has 2 aromatic heterocycles. The number of benzene rings is 1. The van der Waals surface area contributed by atoms with Crippen molar-refractivity contribution in [3.05, 3.63) is 93.7 Å². The molecule has 3 nitrogen and oxygen atoms in total. The predicted molar refractivity (Wildman–Crippen MR) is 96.3 cm³/mol. The molecule has 3 rings (SSSR count). The molecule has 1 unspecified atom stereocenters. The summed E-state index contributed by atoms with van der Waals surface area (Å²) in [4.78, 5) is 7.99. The van der Waals surface area contributed by atoms with Gasteiger partial charge in [-0.2, -0.15) is 0 Å². The normalized spacial score (nSPS) is 13.7. The van der Waals surface area contributed by atoms with Crippen LogP contribution in [0.2, 0.25) is 10.3 Å². The van der Waals surface area contributed by atoms with Crippen molar-refractivity contribution in [2.24, 2.45) is 0 Å². The van der Waals surface area contributed by atoms with Crippen LogP contribution in [0.1, 0.15) is 29.5 Å². The Morgan fingerprint density at radius 3 is 1.84 bits per heavy atom. The van der Waals surface area contributed by atoms with Crippen LogP contribution in [0, 0.1) is 5.82 Å². The molecule has 128 valence electrons. The summed E-state index contributed by atoms with van der Waals surface area (Å²) in [5.41, 5.74) is 0.747. The van der Waals surface area contributed by atoms with Crippen LogP contribution in [-0.4, -0.2) is 15.1 Å². The van der Waals surface area contributed by atoms with Crippen LogP contribution in [-0.2, 0) is 5.60 Å². The van der Waals surface area contributed by atoms with E-state index in [2.05, 4.69) is 9.97 Å². The van der Waals surface area contributed by atoms with Crippen LogP contribution in [0.15, 0.2) is 60.9 Å². The van der Waals surface area contributed by atoms with Gasteiger partial charge in [0.05, 0.1) is 5.60 Å². The smallest absolute Gasteiger partial charge is 0.129 e. The van der Waals surface area contributed by atoms with Gasteiger partial charge in [0.15, 0.2) is 0 Å². The number of aromatic nitrogens is 2. The molecule has 0 radical (unpaired) electrons. The van der Waals surface area contributed by atoms with E-state index in [1.54, 1.807) is 55.7 Å². The summed E-state index contributed by atoms with van der Waals surface area (Å²) in [6.45, 7) is 1.67. The van der Waals surface area contributed by atoms with Crippen molar-refractivity contribution in [1.29, 1.82) is 0 Å². The third kappa shape index (κ3) is 3.82. The Bertz CT molecular complexity index is 839. The lowest BCUT2D eigenvalue weighted by molar-refractivity contribution is 0.0392. The van der Waals surface area contributed by atoms with E-state index in [1.165, 1.54) is 12.1 Å². The summed E-state index contributed by atoms with van der Waals surface area (Å²) in [5, 5.41) is 12.0. The summed E-state index contributed by atoms with van der Waals surface area (Å²) in [6, 6.07) is 12.7. The Morgan fingerprint density at radius 2 is 1.40 bits per heavy atom. The van der Waals surface area contributed by atoms with Crippen LogP contribution in [0.5, 0.6) is 0 Å². The fourth-order valence-corrected chi connectivity index (χ4v) is 3.35. The third-order valence-corrected chi connectivity index (χ3v) is 4.57. The minimum absolute atomic E-state index is 0.317. The zero-order chi connectivity index (χ0) is 18.0. The number of rotatable bonds is 4. The Balaban J connectivity index is 2.18. The molecule has 1 aromatic carbocycles. The molecule has 0 saturated heterocycles. The Morgan fingerprint density at radius 1 is 0.920 bits per heavy atom. The standard InChI is InChI=1S/C19H15Cl2FN2O/c1-19(25,14-2-4-15(22)5-3-14)18(12-6-8-23-16(20)10-12)13-7-9-24-17(21)11-13/h2-11,18,25H,1H3. The molecular weight excluding hydrogens is 362 g/mol. The molecule has 0 saturated carbocycles. The fraction of sp³-hybridized carbons (Fsp3) is 0.158. The third-order valence-electron chi connectivity index (χ3n) is 4.16. The maximum absolute atomic E-state index is 13.3. The maximum Gasteiger partial charge on any atom is 0.129 e. The second-order valence-corrected chi connectivity index (χ2v) is 6.69. The molecule has 0 amide bonds. The summed E-state index contributed by atoms with van der Waals surface area (Å²) < 4.78 is 13.3. The second kappa shape index (κ2) is 7.08. The van der Waals surface area contributed by atoms with E-state index in [-0.39, 0.29) is 5.82 Å². The van der Waals surface area contributed by atoms with Gasteiger partial charge in [0.2, 0.25) is 0 Å². The van der Waals surface area contributed by atoms with Crippen molar-refractivity contribution in [1.82, 2.24) is 9.97 Å². The number of hydrogen-bond acceptors (Lipinski definition) is 3. The van der Waals surface area contributed by atoms with E-state index >= 15 is 0 Å². The van der Waals surface area contributed by atoms with Gasteiger partial charge in [0, 0.05) is 18.3 Å². The number of aliphatic hydroxyl groups is 1. The van der Waals surface area contributed by atoms with Gasteiger partial charge in [0.25, 0.3) is 0 Å². The molecule has 0 aliphatic rings. The molecule has 0 aliphatic heterocycles. The molecule has 25 heavy (non-hydrogen) atoms. The van der Waals surface area contributed by atoms with E-state index in [0.717, 1.165) is 11.1 Å². The molecule has 6 heteroatoms. The minimum Gasteiger partial charge on any atom is -0.384 e. The largest absolute Gasteiger partial charge is 0.384 e. The first-order valence-corrected chi connectivity index (χ1v) is 8.35. The fourth-order valence-electron chi connectivity index (χ4n) is 2.99. The Kier molecular flexibility index (Phi) is 5.04. The maximum atomic E-state index is 13.3. The molecule has 0 bridgehead atoms. The van der Waals surface area contributed by atoms with Crippen molar-refractivity contribution < 1.29 is 9.50 Å². The van der Waals surface area contributed by atoms with E-state index < -0.39 is 11.5 Å². The van der Waals surface area contributed by atoms with Gasteiger partial charge < -0.3 is 5.11 Å². The lowest BCUT2D eigenvalue weighted by Gasteiger charge is -2.34. The minimum atomic E-state index is -1.34. The van der Waals surface area contributed by atoms with Crippen molar-refractivity contribution >= 4 is 23.2 Å². The average Bonchev–Trinajstić information content (AvgIpc) is 2.55. The number of pyridine rings is 2. The highest BCUT2D eigenvalue weighted by molar-refractivity contribution is 6.29. The lowest BCUT2D eigenvalue weighted by Crippen LogP contribution is -2.31. The van der Waals surface area contributed by atoms with Gasteiger partial charge in [0.1, 0.15) is 16.1 Å². The van der Waals surface area contributed by atoms with Crippen molar-refractivity contribution in [2.45, 2.75) is 18.4 Å². The zero-order valence-electron chi connectivity index (χ0n) is 13.3. The van der Waals surface area contributed by atoms with E-state index in [4.69, 9.17) is 23.2 Å². The summed E-state index contributed by atoms with van der Waals surface area (Å²) in [5.74, 6) is -0.867. The van der Waals surface area contributed by atoms with Gasteiger partial charge in [-0.3, -0.25) is 0 Å². The van der Waals surface area contributed by atoms with Gasteiger partial charge >= 0.3 is 0 Å². The summed E-state index contributed by atoms with van der Waals surface area (Å²) >= 11 is 12.1. The van der Waals surface area contributed by atoms with Crippen LogP contribution in [0.25, 0.3) is 0 Å². The van der Waals surface area contributed by atoms with E-state index in [1.807, 2.05) is 0 Å². The van der Waals surface area contributed by atoms with Gasteiger partial charge in [-0.15, -0.1) is 0 Å². The molecule has 0 spiro atoms. The van der Waals surface area contributed by atoms with Crippen LogP contribution in [0.3, 0.4) is 0 Å². The predicted octanol–water partition coefficient (Wildman–Crippen LogP) is 4.96. The van der Waals surface area contributed by atoms with E-state index in [0.29, 0.717) is 15.9 Å². The second-order valence-electron chi connectivity index (χ2n) is 5.91. The van der Waals surface area contributed by atoms with Crippen LogP contribution < -0.4 is 0 Å². The zero-order valence-corrected chi connectivity index (χ0v) is 14.8. The quantitative estimate of drug-likeness (QED) is 0.654. The van der Waals surface area contributed by atoms with Gasteiger partial charge in [-0.25, -0.2) is 14.4 Å². The van der Waals surface area contributed by atoms with Gasteiger partial charge in [-0.1, -0.05) is 35.3 Å². The Labute approximate surface area is 155 Å². The summed E-state index contributed by atoms with van der Waals surface area (Å²) in [6.07, 6.45) is 3.16. The summed E-state index contributed by atoms with van der Waals surface area (Å²) in [7, 11) is 0. The number of nitrogens with zero attached hydrogens (tertiary/aromatic N) is 2. The number of halogens is 3. The van der Waals surface area contributed by atoms with Crippen molar-refractivity contribution in [3.63, 3.8) is 0 Å². The highest BCUT2D eigenvalue weighted by atomic mass is 35.5. The average molecular weight is 377 g/mol. The monoisotopic (exact) mass is 376 g/mol. The first-order valence-electron chi connectivity index (χ1n) is 7.59. The van der Waals surface area contributed by atoms with Crippen molar-refractivity contribution in [2.75, 3.05) is 0 Å². The molecule has 1 N–H and O–H groups in total. The molecule has 0 aliphatic carbocycles. The first-order chi connectivity index (χ1) is 11.9. The first kappa shape index (κ1) is 17.8. The topological polar surface area (TPSA) is 46.0 Å². The highest BCUT2D eigenvalue weighted by Gasteiger charge is 2.36. The number of hydrogen-bond donors (Lipinski definition) is 1.